The Morgan fingerprint density at radius 2 is 2.13 bits per heavy atom. The van der Waals surface area contributed by atoms with Gasteiger partial charge in [-0.15, -0.1) is 0 Å². The van der Waals surface area contributed by atoms with Gasteiger partial charge < -0.3 is 11.1 Å². The summed E-state index contributed by atoms with van der Waals surface area (Å²) in [7, 11) is 1.92. The molecule has 0 radical (unpaired) electrons. The van der Waals surface area contributed by atoms with Gasteiger partial charge in [-0.05, 0) is 37.8 Å². The molecule has 23 heavy (non-hydrogen) atoms. The average molecular weight is 312 g/mol. The number of nitrogen functional groups attached to an aromatic ring is 1. The van der Waals surface area contributed by atoms with Crippen molar-refractivity contribution in [2.24, 2.45) is 5.92 Å². The van der Waals surface area contributed by atoms with Crippen LogP contribution in [0.15, 0.2) is 30.7 Å². The van der Waals surface area contributed by atoms with Crippen LogP contribution in [0.5, 0.6) is 0 Å². The van der Waals surface area contributed by atoms with Crippen molar-refractivity contribution in [1.82, 2.24) is 19.9 Å². The average Bonchev–Trinajstić information content (AvgIpc) is 2.58. The van der Waals surface area contributed by atoms with Crippen molar-refractivity contribution in [2.45, 2.75) is 25.8 Å². The van der Waals surface area contributed by atoms with Crippen molar-refractivity contribution in [3.05, 3.63) is 42.0 Å². The van der Waals surface area contributed by atoms with E-state index in [1.807, 2.05) is 19.3 Å². The van der Waals surface area contributed by atoms with Crippen LogP contribution in [0.1, 0.15) is 24.1 Å². The zero-order chi connectivity index (χ0) is 16.1. The van der Waals surface area contributed by atoms with Gasteiger partial charge in [-0.2, -0.15) is 0 Å². The van der Waals surface area contributed by atoms with Gasteiger partial charge in [-0.3, -0.25) is 9.88 Å². The summed E-state index contributed by atoms with van der Waals surface area (Å²) < 4.78 is 0. The molecule has 122 valence electrons. The molecule has 0 amide bonds. The van der Waals surface area contributed by atoms with E-state index in [1.54, 1.807) is 12.4 Å². The Bertz CT molecular complexity index is 644. The number of piperidine rings is 1. The molecule has 0 bridgehead atoms. The van der Waals surface area contributed by atoms with E-state index < -0.39 is 0 Å². The summed E-state index contributed by atoms with van der Waals surface area (Å²) in [6.07, 6.45) is 8.53. The number of rotatable bonds is 5. The Balaban J connectivity index is 1.63. The molecule has 1 aliphatic heterocycles. The first-order valence-electron chi connectivity index (χ1n) is 8.15. The van der Waals surface area contributed by atoms with E-state index in [9.17, 15) is 0 Å². The first kappa shape index (κ1) is 15.7. The standard InChI is InChI=1S/C17H24N6/c1-19-17-14(5-2-6-22-17)12-23-9-3-4-13(11-23)10-15-16(18)21-8-7-20-15/h2,5-8,13H,3-4,9-12H2,1H3,(H2,18,21)(H,19,22). The monoisotopic (exact) mass is 312 g/mol. The zero-order valence-electron chi connectivity index (χ0n) is 13.6. The zero-order valence-corrected chi connectivity index (χ0v) is 13.6. The van der Waals surface area contributed by atoms with Crippen LogP contribution in [-0.2, 0) is 13.0 Å². The van der Waals surface area contributed by atoms with E-state index in [4.69, 9.17) is 5.73 Å². The lowest BCUT2D eigenvalue weighted by atomic mass is 9.93. The van der Waals surface area contributed by atoms with Crippen LogP contribution in [0.4, 0.5) is 11.6 Å². The second-order valence-electron chi connectivity index (χ2n) is 6.10. The van der Waals surface area contributed by atoms with E-state index >= 15 is 0 Å². The highest BCUT2D eigenvalue weighted by Crippen LogP contribution is 2.24. The fourth-order valence-electron chi connectivity index (χ4n) is 3.30. The number of aromatic nitrogens is 3. The number of nitrogens with one attached hydrogen (secondary N) is 1. The summed E-state index contributed by atoms with van der Waals surface area (Å²) in [6, 6.07) is 4.14. The first-order chi connectivity index (χ1) is 11.3. The third kappa shape index (κ3) is 3.96. The Morgan fingerprint density at radius 1 is 1.26 bits per heavy atom. The molecule has 1 atom stereocenters. The first-order valence-corrected chi connectivity index (χ1v) is 8.15. The van der Waals surface area contributed by atoms with Crippen molar-refractivity contribution in [3.8, 4) is 0 Å². The van der Waals surface area contributed by atoms with Crippen LogP contribution in [0, 0.1) is 5.92 Å². The third-order valence-electron chi connectivity index (χ3n) is 4.41. The number of likely N-dealkylation sites (tertiary alicyclic amines) is 1. The molecule has 1 aliphatic rings. The lowest BCUT2D eigenvalue weighted by Crippen LogP contribution is -2.36. The van der Waals surface area contributed by atoms with E-state index in [0.29, 0.717) is 11.7 Å². The van der Waals surface area contributed by atoms with Gasteiger partial charge in [-0.1, -0.05) is 6.07 Å². The van der Waals surface area contributed by atoms with Gasteiger partial charge in [0.1, 0.15) is 11.6 Å². The molecule has 6 nitrogen and oxygen atoms in total. The van der Waals surface area contributed by atoms with E-state index in [-0.39, 0.29) is 0 Å². The molecular formula is C17H24N6. The summed E-state index contributed by atoms with van der Waals surface area (Å²) in [5.41, 5.74) is 8.10. The van der Waals surface area contributed by atoms with Gasteiger partial charge in [-0.25, -0.2) is 9.97 Å². The lowest BCUT2D eigenvalue weighted by Gasteiger charge is -2.33. The number of anilines is 2. The molecule has 2 aromatic rings. The van der Waals surface area contributed by atoms with Crippen LogP contribution >= 0.6 is 0 Å². The minimum atomic E-state index is 0.564. The van der Waals surface area contributed by atoms with Crippen molar-refractivity contribution in [2.75, 3.05) is 31.2 Å². The molecule has 2 aromatic heterocycles. The summed E-state index contributed by atoms with van der Waals surface area (Å²) in [4.78, 5) is 15.4. The third-order valence-corrected chi connectivity index (χ3v) is 4.41. The van der Waals surface area contributed by atoms with Gasteiger partial charge >= 0.3 is 0 Å². The molecule has 1 unspecified atom stereocenters. The summed E-state index contributed by atoms with van der Waals surface area (Å²) >= 11 is 0. The smallest absolute Gasteiger partial charge is 0.145 e. The molecule has 0 aliphatic carbocycles. The maximum absolute atomic E-state index is 5.93. The molecule has 3 heterocycles. The molecule has 0 aromatic carbocycles. The fourth-order valence-corrected chi connectivity index (χ4v) is 3.30. The van der Waals surface area contributed by atoms with Crippen molar-refractivity contribution < 1.29 is 0 Å². The fraction of sp³-hybridized carbons (Fsp3) is 0.471. The van der Waals surface area contributed by atoms with Gasteiger partial charge in [0.15, 0.2) is 0 Å². The predicted octanol–water partition coefficient (Wildman–Crippen LogP) is 1.95. The van der Waals surface area contributed by atoms with Gasteiger partial charge in [0.25, 0.3) is 0 Å². The van der Waals surface area contributed by atoms with Crippen LogP contribution in [0.3, 0.4) is 0 Å². The van der Waals surface area contributed by atoms with Crippen molar-refractivity contribution in [1.29, 1.82) is 0 Å². The molecular weight excluding hydrogens is 288 g/mol. The predicted molar refractivity (Wildman–Crippen MR) is 91.9 cm³/mol. The van der Waals surface area contributed by atoms with Gasteiger partial charge in [0.2, 0.25) is 0 Å². The number of hydrogen-bond donors (Lipinski definition) is 2. The SMILES string of the molecule is CNc1ncccc1CN1CCCC(Cc2nccnc2N)C1. The molecule has 3 rings (SSSR count). The van der Waals surface area contributed by atoms with Crippen molar-refractivity contribution in [3.63, 3.8) is 0 Å². The summed E-state index contributed by atoms with van der Waals surface area (Å²) in [5.74, 6) is 2.11. The van der Waals surface area contributed by atoms with Crippen molar-refractivity contribution >= 4 is 11.6 Å². The normalized spacial score (nSPS) is 18.7. The Morgan fingerprint density at radius 3 is 2.96 bits per heavy atom. The Kier molecular flexibility index (Phi) is 5.02. The van der Waals surface area contributed by atoms with Crippen LogP contribution < -0.4 is 11.1 Å². The molecule has 1 fully saturated rings. The van der Waals surface area contributed by atoms with E-state index in [2.05, 4.69) is 31.2 Å². The molecule has 6 heteroatoms. The maximum Gasteiger partial charge on any atom is 0.145 e. The van der Waals surface area contributed by atoms with Gasteiger partial charge in [0, 0.05) is 44.3 Å². The Labute approximate surface area is 137 Å². The molecule has 1 saturated heterocycles. The second-order valence-corrected chi connectivity index (χ2v) is 6.10. The van der Waals surface area contributed by atoms with Gasteiger partial charge in [0.05, 0.1) is 5.69 Å². The highest BCUT2D eigenvalue weighted by Gasteiger charge is 2.22. The van der Waals surface area contributed by atoms with E-state index in [0.717, 1.165) is 37.6 Å². The highest BCUT2D eigenvalue weighted by molar-refractivity contribution is 5.42. The molecule has 0 spiro atoms. The minimum absolute atomic E-state index is 0.564. The maximum atomic E-state index is 5.93. The molecule has 3 N–H and O–H groups in total. The largest absolute Gasteiger partial charge is 0.382 e. The molecule has 0 saturated carbocycles. The number of nitrogens with two attached hydrogens (primary N) is 1. The van der Waals surface area contributed by atoms with E-state index in [1.165, 1.54) is 18.4 Å². The number of pyridine rings is 1. The topological polar surface area (TPSA) is 80.0 Å². The highest BCUT2D eigenvalue weighted by atomic mass is 15.1. The van der Waals surface area contributed by atoms with Crippen LogP contribution in [-0.4, -0.2) is 40.0 Å². The van der Waals surface area contributed by atoms with Crippen LogP contribution in [0.25, 0.3) is 0 Å². The summed E-state index contributed by atoms with van der Waals surface area (Å²) in [5, 5.41) is 3.17. The quantitative estimate of drug-likeness (QED) is 0.878. The summed E-state index contributed by atoms with van der Waals surface area (Å²) in [6.45, 7) is 3.12. The number of nitrogens with zero attached hydrogens (tertiary/aromatic N) is 4. The lowest BCUT2D eigenvalue weighted by molar-refractivity contribution is 0.166. The minimum Gasteiger partial charge on any atom is -0.382 e. The Hall–Kier alpha value is -2.21. The number of hydrogen-bond acceptors (Lipinski definition) is 6. The van der Waals surface area contributed by atoms with Crippen LogP contribution in [0.2, 0.25) is 0 Å². The second kappa shape index (κ2) is 7.37.